The molecule has 0 aliphatic carbocycles. The summed E-state index contributed by atoms with van der Waals surface area (Å²) in [4.78, 5) is 0. The van der Waals surface area contributed by atoms with Crippen LogP contribution in [0.4, 0.5) is 0 Å². The first-order valence-corrected chi connectivity index (χ1v) is 3.01. The smallest absolute Gasteiger partial charge is 0.0846 e. The Bertz CT molecular complexity index is 39.8. The minimum absolute atomic E-state index is 0.0266. The van der Waals surface area contributed by atoms with Crippen LogP contribution >= 0.6 is 0 Å². The minimum Gasteiger partial charge on any atom is -0.379 e. The standard InChI is InChI=1S/C6H13O2/c1-3-8-6(2)4-5-7/h6H,3-5H2,1-2H3. The fraction of sp³-hybridized carbons (Fsp3) is 1.00. The van der Waals surface area contributed by atoms with Crippen LogP contribution in [-0.2, 0) is 9.84 Å². The van der Waals surface area contributed by atoms with Crippen molar-refractivity contribution >= 4 is 0 Å². The molecule has 2 nitrogen and oxygen atoms in total. The molecule has 1 atom stereocenters. The molecular formula is C6H13O2. The Morgan fingerprint density at radius 1 is 1.62 bits per heavy atom. The average Bonchev–Trinajstić information content (AvgIpc) is 1.68. The molecule has 8 heavy (non-hydrogen) atoms. The van der Waals surface area contributed by atoms with Crippen molar-refractivity contribution in [3.8, 4) is 0 Å². The van der Waals surface area contributed by atoms with Crippen LogP contribution in [0.3, 0.4) is 0 Å². The summed E-state index contributed by atoms with van der Waals surface area (Å²) in [5.41, 5.74) is 0. The van der Waals surface area contributed by atoms with Crippen molar-refractivity contribution in [2.24, 2.45) is 0 Å². The first kappa shape index (κ1) is 7.92. The molecule has 1 unspecified atom stereocenters. The van der Waals surface area contributed by atoms with E-state index in [0.29, 0.717) is 13.0 Å². The van der Waals surface area contributed by atoms with Crippen molar-refractivity contribution in [1.82, 2.24) is 0 Å². The van der Waals surface area contributed by atoms with Crippen molar-refractivity contribution in [3.63, 3.8) is 0 Å². The maximum absolute atomic E-state index is 9.94. The van der Waals surface area contributed by atoms with Crippen LogP contribution in [-0.4, -0.2) is 19.3 Å². The van der Waals surface area contributed by atoms with E-state index in [-0.39, 0.29) is 12.7 Å². The summed E-state index contributed by atoms with van der Waals surface area (Å²) < 4.78 is 5.08. The van der Waals surface area contributed by atoms with Gasteiger partial charge in [-0.25, -0.2) is 5.11 Å². The number of rotatable bonds is 4. The molecule has 0 aromatic carbocycles. The molecule has 0 rings (SSSR count). The van der Waals surface area contributed by atoms with Gasteiger partial charge in [-0.3, -0.25) is 0 Å². The second-order valence-corrected chi connectivity index (χ2v) is 1.76. The minimum atomic E-state index is -0.0266. The Morgan fingerprint density at radius 2 is 2.25 bits per heavy atom. The van der Waals surface area contributed by atoms with E-state index in [4.69, 9.17) is 4.74 Å². The normalized spacial score (nSPS) is 13.9. The molecule has 0 fully saturated rings. The average molecular weight is 117 g/mol. The molecule has 0 aliphatic rings. The van der Waals surface area contributed by atoms with Crippen LogP contribution in [0.2, 0.25) is 0 Å². The lowest BCUT2D eigenvalue weighted by atomic mass is 10.3. The molecule has 0 aliphatic heterocycles. The molecule has 0 saturated carbocycles. The van der Waals surface area contributed by atoms with Crippen LogP contribution in [0.5, 0.6) is 0 Å². The third-order valence-electron chi connectivity index (χ3n) is 0.976. The molecule has 0 heterocycles. The van der Waals surface area contributed by atoms with Crippen molar-refractivity contribution in [2.75, 3.05) is 13.2 Å². The van der Waals surface area contributed by atoms with Crippen LogP contribution in [0.1, 0.15) is 20.3 Å². The molecule has 0 aromatic heterocycles. The monoisotopic (exact) mass is 117 g/mol. The van der Waals surface area contributed by atoms with Gasteiger partial charge in [0, 0.05) is 6.61 Å². The quantitative estimate of drug-likeness (QED) is 0.544. The van der Waals surface area contributed by atoms with Gasteiger partial charge in [0.2, 0.25) is 0 Å². The Hall–Kier alpha value is -0.0800. The van der Waals surface area contributed by atoms with E-state index in [2.05, 4.69) is 0 Å². The number of hydrogen-bond acceptors (Lipinski definition) is 1. The van der Waals surface area contributed by atoms with Gasteiger partial charge in [0.25, 0.3) is 0 Å². The molecule has 0 saturated heterocycles. The zero-order valence-corrected chi connectivity index (χ0v) is 5.52. The van der Waals surface area contributed by atoms with E-state index in [0.717, 1.165) is 0 Å². The fourth-order valence-electron chi connectivity index (χ4n) is 0.534. The first-order chi connectivity index (χ1) is 3.81. The van der Waals surface area contributed by atoms with Crippen molar-refractivity contribution < 1.29 is 9.84 Å². The fourth-order valence-corrected chi connectivity index (χ4v) is 0.534. The second kappa shape index (κ2) is 5.06. The van der Waals surface area contributed by atoms with Crippen LogP contribution in [0.15, 0.2) is 0 Å². The highest BCUT2D eigenvalue weighted by Gasteiger charge is 1.97. The van der Waals surface area contributed by atoms with Crippen LogP contribution in [0.25, 0.3) is 0 Å². The summed E-state index contributed by atoms with van der Waals surface area (Å²) in [7, 11) is 0. The van der Waals surface area contributed by atoms with E-state index >= 15 is 0 Å². The van der Waals surface area contributed by atoms with Crippen molar-refractivity contribution in [1.29, 1.82) is 0 Å². The first-order valence-electron chi connectivity index (χ1n) is 3.01. The molecule has 2 heteroatoms. The largest absolute Gasteiger partial charge is 0.379 e. The van der Waals surface area contributed by atoms with Gasteiger partial charge in [0.05, 0.1) is 12.7 Å². The lowest BCUT2D eigenvalue weighted by Crippen LogP contribution is -2.08. The molecule has 0 amide bonds. The van der Waals surface area contributed by atoms with Gasteiger partial charge >= 0.3 is 0 Å². The van der Waals surface area contributed by atoms with E-state index in [1.807, 2.05) is 13.8 Å². The Morgan fingerprint density at radius 3 is 2.62 bits per heavy atom. The predicted octanol–water partition coefficient (Wildman–Crippen LogP) is 1.23. The summed E-state index contributed by atoms with van der Waals surface area (Å²) >= 11 is 0. The number of hydrogen-bond donors (Lipinski definition) is 0. The van der Waals surface area contributed by atoms with Gasteiger partial charge in [-0.2, -0.15) is 0 Å². The lowest BCUT2D eigenvalue weighted by molar-refractivity contribution is 0.0457. The van der Waals surface area contributed by atoms with Crippen LogP contribution < -0.4 is 0 Å². The van der Waals surface area contributed by atoms with Gasteiger partial charge in [0.1, 0.15) is 0 Å². The maximum Gasteiger partial charge on any atom is 0.0846 e. The van der Waals surface area contributed by atoms with E-state index in [1.165, 1.54) is 0 Å². The molecule has 0 N–H and O–H groups in total. The summed E-state index contributed by atoms with van der Waals surface area (Å²) in [6.07, 6.45) is 0.783. The zero-order chi connectivity index (χ0) is 6.41. The van der Waals surface area contributed by atoms with Gasteiger partial charge in [0.15, 0.2) is 0 Å². The topological polar surface area (TPSA) is 29.1 Å². The lowest BCUT2D eigenvalue weighted by Gasteiger charge is -2.06. The molecular weight excluding hydrogens is 104 g/mol. The molecule has 0 bridgehead atoms. The molecule has 0 spiro atoms. The highest BCUT2D eigenvalue weighted by atomic mass is 16.5. The van der Waals surface area contributed by atoms with Gasteiger partial charge in [-0.05, 0) is 20.3 Å². The SMILES string of the molecule is CCOC(C)CC[O]. The summed E-state index contributed by atoms with van der Waals surface area (Å²) in [6, 6.07) is 0. The Labute approximate surface area is 50.5 Å². The predicted molar refractivity (Wildman–Crippen MR) is 31.3 cm³/mol. The van der Waals surface area contributed by atoms with Crippen LogP contribution in [0, 0.1) is 0 Å². The van der Waals surface area contributed by atoms with Crippen molar-refractivity contribution in [3.05, 3.63) is 0 Å². The molecule has 49 valence electrons. The molecule has 1 radical (unpaired) electrons. The third kappa shape index (κ3) is 4.09. The highest BCUT2D eigenvalue weighted by molar-refractivity contribution is 4.45. The summed E-state index contributed by atoms with van der Waals surface area (Å²) in [5, 5.41) is 9.94. The number of ether oxygens (including phenoxy) is 1. The van der Waals surface area contributed by atoms with E-state index in [9.17, 15) is 5.11 Å². The van der Waals surface area contributed by atoms with E-state index < -0.39 is 0 Å². The highest BCUT2D eigenvalue weighted by Crippen LogP contribution is 1.94. The Balaban J connectivity index is 2.92. The third-order valence-corrected chi connectivity index (χ3v) is 0.976. The Kier molecular flexibility index (Phi) is 5.01. The zero-order valence-electron chi connectivity index (χ0n) is 5.52. The van der Waals surface area contributed by atoms with Crippen molar-refractivity contribution in [2.45, 2.75) is 26.4 Å². The summed E-state index contributed by atoms with van der Waals surface area (Å²) in [6.45, 7) is 4.53. The van der Waals surface area contributed by atoms with E-state index in [1.54, 1.807) is 0 Å². The molecule has 0 aromatic rings. The maximum atomic E-state index is 9.94. The second-order valence-electron chi connectivity index (χ2n) is 1.76. The van der Waals surface area contributed by atoms with Gasteiger partial charge in [-0.15, -0.1) is 0 Å². The van der Waals surface area contributed by atoms with Gasteiger partial charge < -0.3 is 4.74 Å². The van der Waals surface area contributed by atoms with Gasteiger partial charge in [-0.1, -0.05) is 0 Å². The summed E-state index contributed by atoms with van der Waals surface area (Å²) in [5.74, 6) is 0.